The lowest BCUT2D eigenvalue weighted by molar-refractivity contribution is -0.117. The predicted molar refractivity (Wildman–Crippen MR) is 208 cm³/mol. The van der Waals surface area contributed by atoms with E-state index in [1.807, 2.05) is 36.4 Å². The Kier molecular flexibility index (Phi) is 10.1. The summed E-state index contributed by atoms with van der Waals surface area (Å²) in [6.45, 7) is 0.755. The Hall–Kier alpha value is -5.24. The Balaban J connectivity index is 0.904. The molecule has 0 spiro atoms. The number of benzene rings is 4. The molecule has 2 fully saturated rings. The summed E-state index contributed by atoms with van der Waals surface area (Å²) in [6, 6.07) is 28.9. The monoisotopic (exact) mass is 692 g/mol. The highest BCUT2D eigenvalue weighted by Gasteiger charge is 2.18. The van der Waals surface area contributed by atoms with Gasteiger partial charge >= 0.3 is 0 Å². The van der Waals surface area contributed by atoms with Crippen molar-refractivity contribution in [3.8, 4) is 11.1 Å². The summed E-state index contributed by atoms with van der Waals surface area (Å²) in [4.78, 5) is 42.3. The number of carbonyl (C=O) groups is 2. The van der Waals surface area contributed by atoms with Crippen molar-refractivity contribution in [2.75, 3.05) is 11.9 Å². The van der Waals surface area contributed by atoms with E-state index < -0.39 is 0 Å². The number of nitrogens with one attached hydrogen (secondary N) is 4. The van der Waals surface area contributed by atoms with Crippen LogP contribution in [-0.4, -0.2) is 38.3 Å². The summed E-state index contributed by atoms with van der Waals surface area (Å²) in [5, 5.41) is 6.25. The standard InChI is InChI=1S/C44H48N6O2/c51-43(25-29-9-3-1-4-10-29)46-36-18-20-38-40(27-36)50-42(48-38)24-32-14-8-16-34(22-32)33-15-7-13-31(21-33)23-41-47-37-19-17-35(26-39(37)49-41)44(52)45-28-30-11-5-2-6-12-30/h7-8,13-22,26-27,29-30H,1-6,9-12,23-25,28H2,(H,45,52)(H,46,51)(H,47,49)(H,48,50). The number of carbonyl (C=O) groups excluding carboxylic acids is 2. The van der Waals surface area contributed by atoms with Gasteiger partial charge < -0.3 is 20.6 Å². The van der Waals surface area contributed by atoms with Crippen molar-refractivity contribution in [1.29, 1.82) is 0 Å². The number of anilines is 1. The van der Waals surface area contributed by atoms with Gasteiger partial charge in [0.1, 0.15) is 11.6 Å². The van der Waals surface area contributed by atoms with Gasteiger partial charge in [0.05, 0.1) is 22.1 Å². The molecule has 2 saturated carbocycles. The quantitative estimate of drug-likeness (QED) is 0.108. The van der Waals surface area contributed by atoms with Crippen LogP contribution in [0.5, 0.6) is 0 Å². The fourth-order valence-electron chi connectivity index (χ4n) is 8.21. The lowest BCUT2D eigenvalue weighted by atomic mass is 9.87. The molecule has 8 rings (SSSR count). The van der Waals surface area contributed by atoms with Gasteiger partial charge in [-0.3, -0.25) is 9.59 Å². The van der Waals surface area contributed by atoms with Crippen molar-refractivity contribution in [3.05, 3.63) is 113 Å². The van der Waals surface area contributed by atoms with Crippen LogP contribution in [0.2, 0.25) is 0 Å². The SMILES string of the molecule is O=C(CC1CCCCC1)Nc1ccc2[nH]c(Cc3cccc(-c4cccc(Cc5nc6cc(C(=O)NCC7CCCCC7)ccc6[nH]5)c4)c3)nc2c1. The molecule has 8 nitrogen and oxygen atoms in total. The van der Waals surface area contributed by atoms with Crippen LogP contribution in [0.4, 0.5) is 5.69 Å². The second-order valence-electron chi connectivity index (χ2n) is 15.1. The molecule has 0 saturated heterocycles. The van der Waals surface area contributed by atoms with Gasteiger partial charge in [-0.25, -0.2) is 9.97 Å². The first-order valence-corrected chi connectivity index (χ1v) is 19.2. The van der Waals surface area contributed by atoms with E-state index in [2.05, 4.69) is 69.1 Å². The Bertz CT molecular complexity index is 2190. The minimum Gasteiger partial charge on any atom is -0.352 e. The summed E-state index contributed by atoms with van der Waals surface area (Å²) < 4.78 is 0. The van der Waals surface area contributed by atoms with Gasteiger partial charge in [-0.2, -0.15) is 0 Å². The molecule has 2 heterocycles. The van der Waals surface area contributed by atoms with Crippen molar-refractivity contribution in [2.24, 2.45) is 11.8 Å². The van der Waals surface area contributed by atoms with Crippen LogP contribution < -0.4 is 10.6 Å². The first-order chi connectivity index (χ1) is 25.5. The van der Waals surface area contributed by atoms with E-state index in [4.69, 9.17) is 9.97 Å². The predicted octanol–water partition coefficient (Wildman–Crippen LogP) is 9.51. The molecule has 2 aliphatic rings. The van der Waals surface area contributed by atoms with E-state index >= 15 is 0 Å². The molecule has 2 aliphatic carbocycles. The van der Waals surface area contributed by atoms with Crippen molar-refractivity contribution >= 4 is 39.6 Å². The highest BCUT2D eigenvalue weighted by Crippen LogP contribution is 2.28. The molecule has 8 heteroatoms. The van der Waals surface area contributed by atoms with Crippen LogP contribution in [0.1, 0.15) is 104 Å². The van der Waals surface area contributed by atoms with E-state index in [9.17, 15) is 9.59 Å². The van der Waals surface area contributed by atoms with E-state index in [1.165, 1.54) is 56.9 Å². The molecule has 0 radical (unpaired) electrons. The second kappa shape index (κ2) is 15.6. The molecular formula is C44H48N6O2. The zero-order valence-corrected chi connectivity index (χ0v) is 29.8. The lowest BCUT2D eigenvalue weighted by Gasteiger charge is -2.21. The van der Waals surface area contributed by atoms with Crippen LogP contribution in [-0.2, 0) is 17.6 Å². The third-order valence-electron chi connectivity index (χ3n) is 11.0. The minimum atomic E-state index is -0.0216. The van der Waals surface area contributed by atoms with Crippen LogP contribution in [0, 0.1) is 11.8 Å². The third-order valence-corrected chi connectivity index (χ3v) is 11.0. The topological polar surface area (TPSA) is 116 Å². The molecule has 4 aromatic carbocycles. The smallest absolute Gasteiger partial charge is 0.251 e. The number of nitrogens with zero attached hydrogens (tertiary/aromatic N) is 2. The summed E-state index contributed by atoms with van der Waals surface area (Å²) in [6.07, 6.45) is 14.3. The first-order valence-electron chi connectivity index (χ1n) is 19.2. The number of hydrogen-bond donors (Lipinski definition) is 4. The molecule has 4 N–H and O–H groups in total. The third kappa shape index (κ3) is 8.28. The average Bonchev–Trinajstić information content (AvgIpc) is 3.77. The van der Waals surface area contributed by atoms with Gasteiger partial charge in [-0.05, 0) is 96.2 Å². The van der Waals surface area contributed by atoms with Crippen LogP contribution in [0.15, 0.2) is 84.9 Å². The minimum absolute atomic E-state index is 0.0216. The molecule has 2 amide bonds. The maximum absolute atomic E-state index is 12.9. The van der Waals surface area contributed by atoms with E-state index in [0.717, 1.165) is 75.5 Å². The molecule has 52 heavy (non-hydrogen) atoms. The summed E-state index contributed by atoms with van der Waals surface area (Å²) in [7, 11) is 0. The Morgan fingerprint density at radius 2 is 1.21 bits per heavy atom. The summed E-state index contributed by atoms with van der Waals surface area (Å²) in [5.41, 5.74) is 9.63. The second-order valence-corrected chi connectivity index (χ2v) is 15.1. The Morgan fingerprint density at radius 3 is 1.85 bits per heavy atom. The Morgan fingerprint density at radius 1 is 0.635 bits per heavy atom. The van der Waals surface area contributed by atoms with Crippen LogP contribution >= 0.6 is 0 Å². The van der Waals surface area contributed by atoms with Crippen molar-refractivity contribution < 1.29 is 9.59 Å². The molecule has 266 valence electrons. The summed E-state index contributed by atoms with van der Waals surface area (Å²) >= 11 is 0. The fourth-order valence-corrected chi connectivity index (χ4v) is 8.21. The van der Waals surface area contributed by atoms with Gasteiger partial charge in [0, 0.05) is 37.1 Å². The maximum atomic E-state index is 12.9. The number of H-pyrrole nitrogens is 2. The first kappa shape index (κ1) is 33.9. The largest absolute Gasteiger partial charge is 0.352 e. The van der Waals surface area contributed by atoms with E-state index in [1.54, 1.807) is 0 Å². The molecule has 6 aromatic rings. The zero-order chi connectivity index (χ0) is 35.3. The number of hydrogen-bond acceptors (Lipinski definition) is 4. The van der Waals surface area contributed by atoms with Gasteiger partial charge in [-0.1, -0.05) is 87.1 Å². The number of amides is 2. The van der Waals surface area contributed by atoms with Crippen LogP contribution in [0.3, 0.4) is 0 Å². The van der Waals surface area contributed by atoms with Crippen molar-refractivity contribution in [2.45, 2.75) is 83.5 Å². The van der Waals surface area contributed by atoms with E-state index in [0.29, 0.717) is 36.7 Å². The lowest BCUT2D eigenvalue weighted by Crippen LogP contribution is -2.30. The molecular weight excluding hydrogens is 645 g/mol. The normalized spacial score (nSPS) is 15.6. The van der Waals surface area contributed by atoms with Crippen LogP contribution in [0.25, 0.3) is 33.2 Å². The van der Waals surface area contributed by atoms with Crippen molar-refractivity contribution in [1.82, 2.24) is 25.3 Å². The molecule has 0 atom stereocenters. The molecule has 0 aliphatic heterocycles. The zero-order valence-electron chi connectivity index (χ0n) is 29.8. The molecule has 2 aromatic heterocycles. The molecule has 0 bridgehead atoms. The van der Waals surface area contributed by atoms with Gasteiger partial charge in [0.25, 0.3) is 5.91 Å². The molecule has 0 unspecified atom stereocenters. The number of aromatic nitrogens is 4. The number of imidazole rings is 2. The van der Waals surface area contributed by atoms with Gasteiger partial charge in [-0.15, -0.1) is 0 Å². The summed E-state index contributed by atoms with van der Waals surface area (Å²) in [5.74, 6) is 2.94. The van der Waals surface area contributed by atoms with Gasteiger partial charge in [0.15, 0.2) is 0 Å². The highest BCUT2D eigenvalue weighted by atomic mass is 16.2. The number of aromatic amines is 2. The highest BCUT2D eigenvalue weighted by molar-refractivity contribution is 5.97. The van der Waals surface area contributed by atoms with Gasteiger partial charge in [0.2, 0.25) is 5.91 Å². The maximum Gasteiger partial charge on any atom is 0.251 e. The van der Waals surface area contributed by atoms with E-state index in [-0.39, 0.29) is 11.8 Å². The van der Waals surface area contributed by atoms with Crippen molar-refractivity contribution in [3.63, 3.8) is 0 Å². The average molecular weight is 693 g/mol. The number of rotatable bonds is 11. The Labute approximate surface area is 305 Å². The fraction of sp³-hybridized carbons (Fsp3) is 0.364. The number of fused-ring (bicyclic) bond motifs is 2.